The fraction of sp³-hybridized carbons (Fsp3) is 1.00. The summed E-state index contributed by atoms with van der Waals surface area (Å²) >= 11 is 0. The van der Waals surface area contributed by atoms with E-state index in [4.69, 9.17) is 5.73 Å². The number of hydrogen-bond donors (Lipinski definition) is 1. The number of nitrogens with zero attached hydrogens (tertiary/aromatic N) is 1. The Balaban J connectivity index is 3.83. The van der Waals surface area contributed by atoms with Crippen molar-refractivity contribution in [3.8, 4) is 0 Å². The first-order chi connectivity index (χ1) is 7.52. The van der Waals surface area contributed by atoms with Crippen LogP contribution in [-0.4, -0.2) is 30.6 Å². The molecule has 0 fully saturated rings. The van der Waals surface area contributed by atoms with Crippen molar-refractivity contribution in [3.05, 3.63) is 0 Å². The van der Waals surface area contributed by atoms with Gasteiger partial charge in [0.2, 0.25) is 0 Å². The predicted molar refractivity (Wildman–Crippen MR) is 73.6 cm³/mol. The minimum Gasteiger partial charge on any atom is -0.330 e. The van der Waals surface area contributed by atoms with Crippen molar-refractivity contribution in [3.63, 3.8) is 0 Å². The van der Waals surface area contributed by atoms with Gasteiger partial charge in [0.25, 0.3) is 0 Å². The molecule has 0 aliphatic carbocycles. The van der Waals surface area contributed by atoms with E-state index in [1.807, 2.05) is 0 Å². The molecule has 0 aliphatic heterocycles. The highest BCUT2D eigenvalue weighted by molar-refractivity contribution is 4.67. The van der Waals surface area contributed by atoms with Crippen LogP contribution in [0.4, 0.5) is 0 Å². The van der Waals surface area contributed by atoms with Crippen LogP contribution < -0.4 is 5.73 Å². The second kappa shape index (κ2) is 9.00. The van der Waals surface area contributed by atoms with E-state index in [9.17, 15) is 0 Å². The van der Waals surface area contributed by atoms with Crippen LogP contribution in [0.1, 0.15) is 53.9 Å². The lowest BCUT2D eigenvalue weighted by molar-refractivity contribution is 0.216. The minimum absolute atomic E-state index is 0.678. The fourth-order valence-corrected chi connectivity index (χ4v) is 2.36. The van der Waals surface area contributed by atoms with E-state index >= 15 is 0 Å². The summed E-state index contributed by atoms with van der Waals surface area (Å²) in [6, 6.07) is 0.678. The highest BCUT2D eigenvalue weighted by Crippen LogP contribution is 2.20. The van der Waals surface area contributed by atoms with Crippen molar-refractivity contribution in [1.82, 2.24) is 4.90 Å². The summed E-state index contributed by atoms with van der Waals surface area (Å²) in [4.78, 5) is 2.54. The lowest BCUT2D eigenvalue weighted by Gasteiger charge is -2.26. The van der Waals surface area contributed by atoms with Crippen molar-refractivity contribution in [1.29, 1.82) is 0 Å². The van der Waals surface area contributed by atoms with E-state index in [-0.39, 0.29) is 0 Å². The Morgan fingerprint density at radius 2 is 1.69 bits per heavy atom. The minimum atomic E-state index is 0.678. The zero-order chi connectivity index (χ0) is 12.6. The molecule has 2 N–H and O–H groups in total. The zero-order valence-electron chi connectivity index (χ0n) is 12.0. The van der Waals surface area contributed by atoms with Gasteiger partial charge in [-0.05, 0) is 64.6 Å². The summed E-state index contributed by atoms with van der Waals surface area (Å²) < 4.78 is 0. The Morgan fingerprint density at radius 3 is 2.06 bits per heavy atom. The molecule has 0 spiro atoms. The highest BCUT2D eigenvalue weighted by atomic mass is 15.1. The Hall–Kier alpha value is -0.0800. The molecular weight excluding hydrogens is 196 g/mol. The fourth-order valence-electron chi connectivity index (χ4n) is 2.36. The first kappa shape index (κ1) is 15.9. The molecule has 0 aromatic heterocycles. The molecule has 0 aromatic rings. The third kappa shape index (κ3) is 6.49. The summed E-state index contributed by atoms with van der Waals surface area (Å²) in [5.74, 6) is 1.59. The summed E-state index contributed by atoms with van der Waals surface area (Å²) in [5, 5.41) is 0. The van der Waals surface area contributed by atoms with Crippen LogP contribution in [0.3, 0.4) is 0 Å². The molecule has 0 amide bonds. The molecule has 0 radical (unpaired) electrons. The van der Waals surface area contributed by atoms with Crippen molar-refractivity contribution < 1.29 is 0 Å². The Labute approximate surface area is 103 Å². The largest absolute Gasteiger partial charge is 0.330 e. The van der Waals surface area contributed by atoms with E-state index in [0.717, 1.165) is 18.4 Å². The monoisotopic (exact) mass is 228 g/mol. The summed E-state index contributed by atoms with van der Waals surface area (Å²) in [6.07, 6.45) is 3.83. The first-order valence-corrected chi connectivity index (χ1v) is 6.97. The van der Waals surface area contributed by atoms with Gasteiger partial charge in [0.1, 0.15) is 0 Å². The van der Waals surface area contributed by atoms with E-state index in [1.54, 1.807) is 0 Å². The summed E-state index contributed by atoms with van der Waals surface area (Å²) in [7, 11) is 0. The van der Waals surface area contributed by atoms with Gasteiger partial charge >= 0.3 is 0 Å². The third-order valence-corrected chi connectivity index (χ3v) is 3.64. The van der Waals surface area contributed by atoms with Gasteiger partial charge in [0.05, 0.1) is 0 Å². The maximum atomic E-state index is 5.66. The van der Waals surface area contributed by atoms with Gasteiger partial charge in [-0.2, -0.15) is 0 Å². The molecule has 0 aliphatic rings. The van der Waals surface area contributed by atoms with Gasteiger partial charge in [-0.15, -0.1) is 0 Å². The molecule has 1 atom stereocenters. The first-order valence-electron chi connectivity index (χ1n) is 6.97. The topological polar surface area (TPSA) is 29.3 Å². The van der Waals surface area contributed by atoms with Crippen LogP contribution in [0.15, 0.2) is 0 Å². The molecular formula is C14H32N2. The van der Waals surface area contributed by atoms with E-state index in [2.05, 4.69) is 39.5 Å². The third-order valence-electron chi connectivity index (χ3n) is 3.64. The quantitative estimate of drug-likeness (QED) is 0.657. The van der Waals surface area contributed by atoms with E-state index < -0.39 is 0 Å². The molecule has 98 valence electrons. The summed E-state index contributed by atoms with van der Waals surface area (Å²) in [6.45, 7) is 14.7. The average Bonchev–Trinajstić information content (AvgIpc) is 2.21. The van der Waals surface area contributed by atoms with Gasteiger partial charge in [0, 0.05) is 6.04 Å². The molecule has 0 saturated carbocycles. The Morgan fingerprint density at radius 1 is 1.06 bits per heavy atom. The van der Waals surface area contributed by atoms with Crippen molar-refractivity contribution in [2.45, 2.75) is 59.9 Å². The van der Waals surface area contributed by atoms with Gasteiger partial charge < -0.3 is 10.6 Å². The smallest absolute Gasteiger partial charge is 0.00384 e. The molecule has 0 aromatic carbocycles. The molecule has 0 saturated heterocycles. The van der Waals surface area contributed by atoms with E-state index in [0.29, 0.717) is 6.04 Å². The van der Waals surface area contributed by atoms with Crippen LogP contribution in [0.2, 0.25) is 0 Å². The van der Waals surface area contributed by atoms with Gasteiger partial charge in [0.15, 0.2) is 0 Å². The summed E-state index contributed by atoms with van der Waals surface area (Å²) in [5.41, 5.74) is 5.66. The molecule has 0 rings (SSSR count). The van der Waals surface area contributed by atoms with Gasteiger partial charge in [-0.1, -0.05) is 20.8 Å². The van der Waals surface area contributed by atoms with Crippen LogP contribution in [-0.2, 0) is 0 Å². The molecule has 1 unspecified atom stereocenters. The number of hydrogen-bond acceptors (Lipinski definition) is 2. The second-order valence-corrected chi connectivity index (χ2v) is 5.45. The van der Waals surface area contributed by atoms with Crippen LogP contribution in [0.25, 0.3) is 0 Å². The molecule has 2 nitrogen and oxygen atoms in total. The number of nitrogens with two attached hydrogens (primary N) is 1. The predicted octanol–water partition coefficient (Wildman–Crippen LogP) is 3.12. The zero-order valence-corrected chi connectivity index (χ0v) is 12.0. The maximum absolute atomic E-state index is 5.66. The average molecular weight is 228 g/mol. The second-order valence-electron chi connectivity index (χ2n) is 5.45. The molecule has 0 bridgehead atoms. The maximum Gasteiger partial charge on any atom is 0.00384 e. The van der Waals surface area contributed by atoms with Crippen molar-refractivity contribution in [2.75, 3.05) is 19.6 Å². The highest BCUT2D eigenvalue weighted by Gasteiger charge is 2.13. The van der Waals surface area contributed by atoms with Crippen LogP contribution >= 0.6 is 0 Å². The van der Waals surface area contributed by atoms with Crippen molar-refractivity contribution >= 4 is 0 Å². The molecule has 2 heteroatoms. The lowest BCUT2D eigenvalue weighted by Crippen LogP contribution is -2.32. The van der Waals surface area contributed by atoms with Crippen molar-refractivity contribution in [2.24, 2.45) is 17.6 Å². The van der Waals surface area contributed by atoms with Crippen LogP contribution in [0, 0.1) is 11.8 Å². The molecule has 16 heavy (non-hydrogen) atoms. The molecule has 0 heterocycles. The lowest BCUT2D eigenvalue weighted by atomic mass is 9.88. The van der Waals surface area contributed by atoms with Gasteiger partial charge in [-0.25, -0.2) is 0 Å². The normalized spacial score (nSPS) is 14.1. The van der Waals surface area contributed by atoms with Crippen LogP contribution in [0.5, 0.6) is 0 Å². The Bertz CT molecular complexity index is 155. The number of rotatable bonds is 9. The van der Waals surface area contributed by atoms with Gasteiger partial charge in [-0.3, -0.25) is 0 Å². The standard InChI is InChI=1S/C14H32N2/c1-6-16(13(4)5)11-7-8-14(9-10-15)12(2)3/h12-14H,6-11,15H2,1-5H3. The van der Waals surface area contributed by atoms with E-state index in [1.165, 1.54) is 32.4 Å². The Kier molecular flexibility index (Phi) is 8.96. The SMILES string of the molecule is CCN(CCCC(CCN)C(C)C)C(C)C.